The highest BCUT2D eigenvalue weighted by molar-refractivity contribution is 6.39. The van der Waals surface area contributed by atoms with Gasteiger partial charge in [0.1, 0.15) is 0 Å². The molecule has 168 valence electrons. The summed E-state index contributed by atoms with van der Waals surface area (Å²) in [5.74, 6) is -1.71. The molecule has 0 radical (unpaired) electrons. The van der Waals surface area contributed by atoms with Crippen molar-refractivity contribution in [3.05, 3.63) is 89.0 Å². The highest BCUT2D eigenvalue weighted by atomic mass is 16.6. The summed E-state index contributed by atoms with van der Waals surface area (Å²) in [5, 5.41) is 6.40. The molecular formula is C25H23N3O5. The number of hydrogen-bond acceptors (Lipinski definition) is 6. The van der Waals surface area contributed by atoms with Gasteiger partial charge >= 0.3 is 17.8 Å². The first-order valence-corrected chi connectivity index (χ1v) is 10.0. The van der Waals surface area contributed by atoms with Gasteiger partial charge in [0.25, 0.3) is 0 Å². The van der Waals surface area contributed by atoms with Gasteiger partial charge in [0.15, 0.2) is 11.5 Å². The molecule has 0 aliphatic heterocycles. The van der Waals surface area contributed by atoms with E-state index in [1.54, 1.807) is 48.5 Å². The lowest BCUT2D eigenvalue weighted by Gasteiger charge is -2.10. The van der Waals surface area contributed by atoms with Crippen LogP contribution in [-0.4, -0.2) is 31.1 Å². The molecule has 3 rings (SSSR count). The molecule has 8 nitrogen and oxygen atoms in total. The molecule has 0 atom stereocenters. The number of methoxy groups -OCH3 is 1. The number of hydrazone groups is 1. The predicted molar refractivity (Wildman–Crippen MR) is 125 cm³/mol. The molecule has 2 amide bonds. The second-order valence-electron chi connectivity index (χ2n) is 7.09. The van der Waals surface area contributed by atoms with Crippen LogP contribution in [0.25, 0.3) is 0 Å². The van der Waals surface area contributed by atoms with E-state index in [0.717, 1.165) is 11.1 Å². The summed E-state index contributed by atoms with van der Waals surface area (Å²) in [6.07, 6.45) is 1.34. The van der Waals surface area contributed by atoms with Crippen molar-refractivity contribution in [2.45, 2.75) is 13.8 Å². The Morgan fingerprint density at radius 3 is 2.21 bits per heavy atom. The number of para-hydroxylation sites is 1. The van der Waals surface area contributed by atoms with E-state index >= 15 is 0 Å². The van der Waals surface area contributed by atoms with E-state index in [9.17, 15) is 14.4 Å². The van der Waals surface area contributed by atoms with Crippen LogP contribution in [0.2, 0.25) is 0 Å². The molecule has 0 bridgehead atoms. The van der Waals surface area contributed by atoms with E-state index < -0.39 is 17.8 Å². The first-order chi connectivity index (χ1) is 15.9. The molecule has 0 aliphatic carbocycles. The molecular weight excluding hydrogens is 422 g/mol. The van der Waals surface area contributed by atoms with Gasteiger partial charge in [-0.1, -0.05) is 36.4 Å². The van der Waals surface area contributed by atoms with E-state index in [-0.39, 0.29) is 5.75 Å². The highest BCUT2D eigenvalue weighted by Crippen LogP contribution is 2.28. The maximum absolute atomic E-state index is 12.3. The number of hydrogen-bond donors (Lipinski definition) is 2. The van der Waals surface area contributed by atoms with Crippen molar-refractivity contribution in [1.29, 1.82) is 0 Å². The van der Waals surface area contributed by atoms with Crippen LogP contribution >= 0.6 is 0 Å². The summed E-state index contributed by atoms with van der Waals surface area (Å²) < 4.78 is 10.7. The van der Waals surface area contributed by atoms with E-state index in [2.05, 4.69) is 15.8 Å². The molecule has 0 heterocycles. The maximum atomic E-state index is 12.3. The molecule has 8 heteroatoms. The number of anilines is 1. The fraction of sp³-hybridized carbons (Fsp3) is 0.120. The Hall–Kier alpha value is -4.46. The van der Waals surface area contributed by atoms with Crippen LogP contribution in [0.5, 0.6) is 11.5 Å². The molecule has 2 N–H and O–H groups in total. The SMILES string of the molecule is COc1cc(/C=N/NC(=O)C(=O)Nc2c(C)cccc2C)ccc1OC(=O)c1ccccc1. The van der Waals surface area contributed by atoms with Gasteiger partial charge in [-0.2, -0.15) is 5.10 Å². The molecule has 0 aliphatic rings. The number of nitrogens with one attached hydrogen (secondary N) is 2. The summed E-state index contributed by atoms with van der Waals surface area (Å²) >= 11 is 0. The number of ether oxygens (including phenoxy) is 2. The Morgan fingerprint density at radius 1 is 0.848 bits per heavy atom. The van der Waals surface area contributed by atoms with Crippen molar-refractivity contribution in [1.82, 2.24) is 5.43 Å². The number of benzene rings is 3. The molecule has 0 unspecified atom stereocenters. The monoisotopic (exact) mass is 445 g/mol. The largest absolute Gasteiger partial charge is 0.493 e. The zero-order valence-electron chi connectivity index (χ0n) is 18.4. The van der Waals surface area contributed by atoms with Gasteiger partial charge in [0.2, 0.25) is 0 Å². The summed E-state index contributed by atoms with van der Waals surface area (Å²) in [6, 6.07) is 18.9. The van der Waals surface area contributed by atoms with Gasteiger partial charge in [-0.05, 0) is 60.9 Å². The molecule has 3 aromatic rings. The third kappa shape index (κ3) is 6.04. The Kier molecular flexibility index (Phi) is 7.54. The number of aryl methyl sites for hydroxylation is 2. The standard InChI is InChI=1S/C25H23N3O5/c1-16-8-7-9-17(2)22(16)27-23(29)24(30)28-26-15-18-12-13-20(21(14-18)32-3)33-25(31)19-10-5-4-6-11-19/h4-15H,1-3H3,(H,27,29)(H,28,30)/b26-15+. The molecule has 0 aromatic heterocycles. The second-order valence-corrected chi connectivity index (χ2v) is 7.09. The quantitative estimate of drug-likeness (QED) is 0.198. The van der Waals surface area contributed by atoms with Crippen LogP contribution < -0.4 is 20.2 Å². The molecule has 0 saturated carbocycles. The average molecular weight is 445 g/mol. The molecule has 3 aromatic carbocycles. The van der Waals surface area contributed by atoms with Crippen LogP contribution in [0.3, 0.4) is 0 Å². The van der Waals surface area contributed by atoms with Crippen molar-refractivity contribution in [2.24, 2.45) is 5.10 Å². The normalized spacial score (nSPS) is 10.5. The fourth-order valence-electron chi connectivity index (χ4n) is 2.98. The second kappa shape index (κ2) is 10.7. The summed E-state index contributed by atoms with van der Waals surface area (Å²) in [5.41, 5.74) is 5.44. The van der Waals surface area contributed by atoms with E-state index in [1.807, 2.05) is 32.0 Å². The third-order valence-corrected chi connectivity index (χ3v) is 4.71. The number of amides is 2. The topological polar surface area (TPSA) is 106 Å². The van der Waals surface area contributed by atoms with Gasteiger partial charge in [-0.15, -0.1) is 0 Å². The van der Waals surface area contributed by atoms with Crippen LogP contribution in [0.15, 0.2) is 71.8 Å². The van der Waals surface area contributed by atoms with E-state index in [1.165, 1.54) is 13.3 Å². The van der Waals surface area contributed by atoms with Crippen molar-refractivity contribution in [3.63, 3.8) is 0 Å². The van der Waals surface area contributed by atoms with Crippen LogP contribution in [0.1, 0.15) is 27.0 Å². The predicted octanol–water partition coefficient (Wildman–Crippen LogP) is 3.62. The van der Waals surface area contributed by atoms with Crippen LogP contribution in [0, 0.1) is 13.8 Å². The molecule has 0 fully saturated rings. The smallest absolute Gasteiger partial charge is 0.343 e. The Morgan fingerprint density at radius 2 is 1.55 bits per heavy atom. The average Bonchev–Trinajstić information content (AvgIpc) is 2.82. The van der Waals surface area contributed by atoms with Gasteiger partial charge in [0, 0.05) is 5.69 Å². The zero-order valence-corrected chi connectivity index (χ0v) is 18.4. The first-order valence-electron chi connectivity index (χ1n) is 10.0. The van der Waals surface area contributed by atoms with Gasteiger partial charge in [-0.25, -0.2) is 10.2 Å². The van der Waals surface area contributed by atoms with Crippen molar-refractivity contribution in [2.75, 3.05) is 12.4 Å². The highest BCUT2D eigenvalue weighted by Gasteiger charge is 2.15. The van der Waals surface area contributed by atoms with Crippen molar-refractivity contribution < 1.29 is 23.9 Å². The zero-order chi connectivity index (χ0) is 23.8. The first kappa shape index (κ1) is 23.2. The maximum Gasteiger partial charge on any atom is 0.343 e. The fourth-order valence-corrected chi connectivity index (χ4v) is 2.98. The Bertz CT molecular complexity index is 1190. The summed E-state index contributed by atoms with van der Waals surface area (Å²) in [6.45, 7) is 3.68. The van der Waals surface area contributed by atoms with Crippen LogP contribution in [0.4, 0.5) is 5.69 Å². The molecule has 0 spiro atoms. The minimum Gasteiger partial charge on any atom is -0.493 e. The minimum absolute atomic E-state index is 0.237. The van der Waals surface area contributed by atoms with Gasteiger partial charge in [0.05, 0.1) is 18.9 Å². The van der Waals surface area contributed by atoms with Crippen molar-refractivity contribution >= 4 is 29.7 Å². The lowest BCUT2D eigenvalue weighted by atomic mass is 10.1. The number of rotatable bonds is 6. The van der Waals surface area contributed by atoms with Crippen LogP contribution in [-0.2, 0) is 9.59 Å². The number of carbonyl (C=O) groups is 3. The lowest BCUT2D eigenvalue weighted by molar-refractivity contribution is -0.136. The summed E-state index contributed by atoms with van der Waals surface area (Å²) in [7, 11) is 1.44. The number of carbonyl (C=O) groups excluding carboxylic acids is 3. The van der Waals surface area contributed by atoms with Gasteiger partial charge in [-0.3, -0.25) is 9.59 Å². The van der Waals surface area contributed by atoms with Gasteiger partial charge < -0.3 is 14.8 Å². The van der Waals surface area contributed by atoms with E-state index in [4.69, 9.17) is 9.47 Å². The number of esters is 1. The lowest BCUT2D eigenvalue weighted by Crippen LogP contribution is -2.32. The Labute approximate surface area is 191 Å². The minimum atomic E-state index is -0.908. The van der Waals surface area contributed by atoms with Crippen molar-refractivity contribution in [3.8, 4) is 11.5 Å². The number of nitrogens with zero attached hydrogens (tertiary/aromatic N) is 1. The summed E-state index contributed by atoms with van der Waals surface area (Å²) in [4.78, 5) is 36.5. The van der Waals surface area contributed by atoms with E-state index in [0.29, 0.717) is 22.6 Å². The molecule has 33 heavy (non-hydrogen) atoms. The third-order valence-electron chi connectivity index (χ3n) is 4.71. The Balaban J connectivity index is 1.62. The molecule has 0 saturated heterocycles.